The lowest BCUT2D eigenvalue weighted by molar-refractivity contribution is 0.246. The summed E-state index contributed by atoms with van der Waals surface area (Å²) in [4.78, 5) is 11.6. The molecule has 0 bridgehead atoms. The van der Waals surface area contributed by atoms with Crippen molar-refractivity contribution in [2.45, 2.75) is 13.0 Å². The van der Waals surface area contributed by atoms with Crippen LogP contribution in [0.4, 0.5) is 4.39 Å². The van der Waals surface area contributed by atoms with Gasteiger partial charge in [-0.15, -0.1) is 0 Å². The number of nitrogens with zero attached hydrogens (tertiary/aromatic N) is 1. The molecular weight excluding hydrogens is 209 g/mol. The van der Waals surface area contributed by atoms with E-state index >= 15 is 0 Å². The summed E-state index contributed by atoms with van der Waals surface area (Å²) >= 11 is 0. The lowest BCUT2D eigenvalue weighted by Crippen LogP contribution is -2.22. The minimum Gasteiger partial charge on any atom is -0.489 e. The molecular formula is C12H10FNO2. The fraction of sp³-hybridized carbons (Fsp3) is 0.250. The standard InChI is InChI=1S/C12H10FNO2/c1-7-6-16-11-5-8(13)4-9-10(15)2-3-14(7)12(9)11/h2-5,7H,6H2,1H3/t7-/m0/s1. The van der Waals surface area contributed by atoms with E-state index in [1.807, 2.05) is 11.5 Å². The highest BCUT2D eigenvalue weighted by molar-refractivity contribution is 5.85. The van der Waals surface area contributed by atoms with Gasteiger partial charge in [-0.3, -0.25) is 4.79 Å². The van der Waals surface area contributed by atoms with Gasteiger partial charge in [0.05, 0.1) is 16.9 Å². The second-order valence-electron chi connectivity index (χ2n) is 4.05. The quantitative estimate of drug-likeness (QED) is 0.679. The number of ether oxygens (including phenoxy) is 1. The highest BCUT2D eigenvalue weighted by Crippen LogP contribution is 2.31. The van der Waals surface area contributed by atoms with Crippen LogP contribution in [0, 0.1) is 5.82 Å². The van der Waals surface area contributed by atoms with Gasteiger partial charge in [0.1, 0.15) is 18.2 Å². The number of rotatable bonds is 0. The van der Waals surface area contributed by atoms with Crippen LogP contribution in [0.1, 0.15) is 13.0 Å². The van der Waals surface area contributed by atoms with E-state index in [1.54, 1.807) is 6.20 Å². The van der Waals surface area contributed by atoms with Crippen molar-refractivity contribution in [3.8, 4) is 5.75 Å². The zero-order chi connectivity index (χ0) is 11.3. The third kappa shape index (κ3) is 1.16. The summed E-state index contributed by atoms with van der Waals surface area (Å²) in [6.45, 7) is 2.49. The molecule has 16 heavy (non-hydrogen) atoms. The predicted molar refractivity (Wildman–Crippen MR) is 58.4 cm³/mol. The highest BCUT2D eigenvalue weighted by atomic mass is 19.1. The van der Waals surface area contributed by atoms with Crippen LogP contribution in [0.5, 0.6) is 5.75 Å². The maximum absolute atomic E-state index is 13.3. The van der Waals surface area contributed by atoms with Crippen molar-refractivity contribution >= 4 is 10.9 Å². The molecule has 0 radical (unpaired) electrons. The highest BCUT2D eigenvalue weighted by Gasteiger charge is 2.19. The molecule has 0 fully saturated rings. The Morgan fingerprint density at radius 2 is 2.31 bits per heavy atom. The number of hydrogen-bond acceptors (Lipinski definition) is 2. The molecule has 4 heteroatoms. The molecule has 1 aliphatic rings. The van der Waals surface area contributed by atoms with Crippen LogP contribution >= 0.6 is 0 Å². The van der Waals surface area contributed by atoms with Crippen molar-refractivity contribution in [2.75, 3.05) is 6.61 Å². The van der Waals surface area contributed by atoms with Crippen LogP contribution in [0.25, 0.3) is 10.9 Å². The van der Waals surface area contributed by atoms with Gasteiger partial charge < -0.3 is 9.30 Å². The molecule has 0 aliphatic carbocycles. The van der Waals surface area contributed by atoms with Crippen molar-refractivity contribution < 1.29 is 9.13 Å². The van der Waals surface area contributed by atoms with E-state index in [2.05, 4.69) is 0 Å². The monoisotopic (exact) mass is 219 g/mol. The average Bonchev–Trinajstić information content (AvgIpc) is 2.26. The average molecular weight is 219 g/mol. The fourth-order valence-electron chi connectivity index (χ4n) is 2.11. The Morgan fingerprint density at radius 3 is 3.12 bits per heavy atom. The van der Waals surface area contributed by atoms with Gasteiger partial charge in [-0.1, -0.05) is 0 Å². The zero-order valence-corrected chi connectivity index (χ0v) is 8.74. The summed E-state index contributed by atoms with van der Waals surface area (Å²) in [5.74, 6) is 0.0118. The van der Waals surface area contributed by atoms with Crippen molar-refractivity contribution in [3.63, 3.8) is 0 Å². The molecule has 3 rings (SSSR count). The molecule has 1 atom stereocenters. The molecule has 0 N–H and O–H groups in total. The summed E-state index contributed by atoms with van der Waals surface area (Å²) < 4.78 is 20.7. The zero-order valence-electron chi connectivity index (χ0n) is 8.74. The Bertz CT molecular complexity index is 633. The van der Waals surface area contributed by atoms with Gasteiger partial charge >= 0.3 is 0 Å². The molecule has 0 amide bonds. The second kappa shape index (κ2) is 3.07. The van der Waals surface area contributed by atoms with Crippen LogP contribution in [0.2, 0.25) is 0 Å². The molecule has 0 spiro atoms. The molecule has 2 heterocycles. The summed E-state index contributed by atoms with van der Waals surface area (Å²) in [6.07, 6.45) is 1.74. The van der Waals surface area contributed by atoms with Gasteiger partial charge in [-0.25, -0.2) is 4.39 Å². The van der Waals surface area contributed by atoms with Crippen molar-refractivity contribution in [2.24, 2.45) is 0 Å². The van der Waals surface area contributed by atoms with E-state index in [-0.39, 0.29) is 11.5 Å². The van der Waals surface area contributed by atoms with Gasteiger partial charge in [-0.05, 0) is 13.0 Å². The van der Waals surface area contributed by atoms with Crippen molar-refractivity contribution in [3.05, 3.63) is 40.4 Å². The summed E-state index contributed by atoms with van der Waals surface area (Å²) in [6, 6.07) is 4.21. The lowest BCUT2D eigenvalue weighted by Gasteiger charge is -2.26. The lowest BCUT2D eigenvalue weighted by atomic mass is 10.1. The SMILES string of the molecule is C[C@H]1COc2cc(F)cc3c(=O)ccn1c23. The molecule has 0 saturated heterocycles. The third-order valence-corrected chi connectivity index (χ3v) is 2.90. The topological polar surface area (TPSA) is 31.2 Å². The number of halogens is 1. The van der Waals surface area contributed by atoms with Gasteiger partial charge in [0, 0.05) is 18.3 Å². The van der Waals surface area contributed by atoms with E-state index in [0.29, 0.717) is 23.3 Å². The van der Waals surface area contributed by atoms with E-state index in [4.69, 9.17) is 4.74 Å². The number of pyridine rings is 1. The fourth-order valence-corrected chi connectivity index (χ4v) is 2.11. The van der Waals surface area contributed by atoms with Crippen LogP contribution in [-0.2, 0) is 0 Å². The molecule has 0 unspecified atom stereocenters. The molecule has 2 aromatic rings. The Morgan fingerprint density at radius 1 is 1.50 bits per heavy atom. The summed E-state index contributed by atoms with van der Waals surface area (Å²) in [5.41, 5.74) is 0.511. The molecule has 1 aliphatic heterocycles. The number of benzene rings is 1. The summed E-state index contributed by atoms with van der Waals surface area (Å²) in [5, 5.41) is 0.379. The molecule has 3 nitrogen and oxygen atoms in total. The van der Waals surface area contributed by atoms with E-state index in [9.17, 15) is 9.18 Å². The van der Waals surface area contributed by atoms with Gasteiger partial charge in [0.2, 0.25) is 0 Å². The van der Waals surface area contributed by atoms with Gasteiger partial charge in [0.25, 0.3) is 0 Å². The Hall–Kier alpha value is -1.84. The van der Waals surface area contributed by atoms with Gasteiger partial charge in [0.15, 0.2) is 5.43 Å². The van der Waals surface area contributed by atoms with Crippen LogP contribution in [0.15, 0.2) is 29.2 Å². The van der Waals surface area contributed by atoms with Crippen molar-refractivity contribution in [1.29, 1.82) is 0 Å². The first kappa shape index (κ1) is 9.39. The van der Waals surface area contributed by atoms with Gasteiger partial charge in [-0.2, -0.15) is 0 Å². The molecule has 1 aromatic carbocycles. The van der Waals surface area contributed by atoms with E-state index < -0.39 is 5.82 Å². The number of aromatic nitrogens is 1. The van der Waals surface area contributed by atoms with Crippen molar-refractivity contribution in [1.82, 2.24) is 4.57 Å². The van der Waals surface area contributed by atoms with E-state index in [1.165, 1.54) is 18.2 Å². The first-order chi connectivity index (χ1) is 7.66. The van der Waals surface area contributed by atoms with Crippen LogP contribution in [0.3, 0.4) is 0 Å². The predicted octanol–water partition coefficient (Wildman–Crippen LogP) is 2.09. The maximum Gasteiger partial charge on any atom is 0.189 e. The second-order valence-corrected chi connectivity index (χ2v) is 4.05. The molecule has 1 aromatic heterocycles. The third-order valence-electron chi connectivity index (χ3n) is 2.90. The van der Waals surface area contributed by atoms with Crippen LogP contribution < -0.4 is 10.2 Å². The minimum atomic E-state index is -0.438. The first-order valence-corrected chi connectivity index (χ1v) is 5.14. The Kier molecular flexibility index (Phi) is 1.80. The minimum absolute atomic E-state index is 0.154. The van der Waals surface area contributed by atoms with E-state index in [0.717, 1.165) is 0 Å². The molecule has 82 valence electrons. The smallest absolute Gasteiger partial charge is 0.189 e. The molecule has 0 saturated carbocycles. The largest absolute Gasteiger partial charge is 0.489 e. The normalized spacial score (nSPS) is 18.5. The first-order valence-electron chi connectivity index (χ1n) is 5.14. The van der Waals surface area contributed by atoms with Crippen LogP contribution in [-0.4, -0.2) is 11.2 Å². The Labute approximate surface area is 91.1 Å². The Balaban J connectivity index is 2.53. The summed E-state index contributed by atoms with van der Waals surface area (Å²) in [7, 11) is 0. The maximum atomic E-state index is 13.3. The number of hydrogen-bond donors (Lipinski definition) is 0.